The van der Waals surface area contributed by atoms with Crippen LogP contribution in [0.3, 0.4) is 0 Å². The summed E-state index contributed by atoms with van der Waals surface area (Å²) in [6.45, 7) is 0.639. The van der Waals surface area contributed by atoms with Crippen LogP contribution >= 0.6 is 11.3 Å². The van der Waals surface area contributed by atoms with Gasteiger partial charge in [-0.25, -0.2) is 18.4 Å². The molecule has 1 aliphatic heterocycles. The van der Waals surface area contributed by atoms with E-state index in [1.54, 1.807) is 30.1 Å². The summed E-state index contributed by atoms with van der Waals surface area (Å²) in [6.07, 6.45) is 1.46. The second-order valence-corrected chi connectivity index (χ2v) is 11.8. The Morgan fingerprint density at radius 1 is 1.22 bits per heavy atom. The smallest absolute Gasteiger partial charge is 0.321 e. The van der Waals surface area contributed by atoms with Crippen molar-refractivity contribution >= 4 is 43.2 Å². The highest BCUT2D eigenvalue weighted by molar-refractivity contribution is 7.89. The lowest BCUT2D eigenvalue weighted by atomic mass is 9.89. The highest BCUT2D eigenvalue weighted by Crippen LogP contribution is 2.37. The molecule has 16 heteroatoms. The van der Waals surface area contributed by atoms with Crippen molar-refractivity contribution < 1.29 is 21.6 Å². The first-order valence-corrected chi connectivity index (χ1v) is 13.5. The van der Waals surface area contributed by atoms with E-state index in [1.165, 1.54) is 28.0 Å². The van der Waals surface area contributed by atoms with Crippen LogP contribution < -0.4 is 5.32 Å². The van der Waals surface area contributed by atoms with E-state index in [4.69, 9.17) is 0 Å². The second kappa shape index (κ2) is 9.08. The van der Waals surface area contributed by atoms with Gasteiger partial charge >= 0.3 is 6.18 Å². The van der Waals surface area contributed by atoms with Crippen molar-refractivity contribution in [1.82, 2.24) is 33.8 Å². The van der Waals surface area contributed by atoms with Crippen molar-refractivity contribution in [3.8, 4) is 17.3 Å². The molecular formula is C21H20F3N9O2S2. The van der Waals surface area contributed by atoms with E-state index >= 15 is 0 Å². The zero-order chi connectivity index (χ0) is 26.4. The normalized spacial score (nSPS) is 16.0. The van der Waals surface area contributed by atoms with Crippen LogP contribution in [0.4, 0.5) is 24.8 Å². The van der Waals surface area contributed by atoms with Crippen molar-refractivity contribution in [2.75, 3.05) is 24.2 Å². The zero-order valence-corrected chi connectivity index (χ0v) is 21.0. The predicted octanol–water partition coefficient (Wildman–Crippen LogP) is 3.33. The number of halogens is 3. The van der Waals surface area contributed by atoms with Crippen molar-refractivity contribution in [2.24, 2.45) is 0 Å². The molecule has 0 amide bonds. The quantitative estimate of drug-likeness (QED) is 0.352. The molecule has 0 saturated carbocycles. The first-order chi connectivity index (χ1) is 17.5. The van der Waals surface area contributed by atoms with Gasteiger partial charge in [-0.15, -0.1) is 11.3 Å². The van der Waals surface area contributed by atoms with Crippen LogP contribution in [0.25, 0.3) is 21.5 Å². The standard InChI is InChI=1S/C21H20F3N9O2S2/c1-2-37(34,35)32-11-20(12-32,4-5-25)33-9-14(7-27-33)17-18-16(3-6-36-18)29-19(30-17)28-15-8-26-31(10-15)13-21(22,23)24/h3,6-10H,2,4,11-13H2,1H3,(H,28,29,30). The maximum Gasteiger partial charge on any atom is 0.408 e. The first kappa shape index (κ1) is 25.1. The Balaban J connectivity index is 1.44. The van der Waals surface area contributed by atoms with Gasteiger partial charge in [-0.05, 0) is 18.4 Å². The summed E-state index contributed by atoms with van der Waals surface area (Å²) in [5.74, 6) is 0.137. The number of fused-ring (bicyclic) bond motifs is 1. The summed E-state index contributed by atoms with van der Waals surface area (Å²) >= 11 is 1.42. The third kappa shape index (κ3) is 4.89. The first-order valence-electron chi connectivity index (χ1n) is 11.0. The zero-order valence-electron chi connectivity index (χ0n) is 19.3. The molecule has 4 aromatic rings. The molecule has 11 nitrogen and oxygen atoms in total. The van der Waals surface area contributed by atoms with Crippen molar-refractivity contribution in [1.29, 1.82) is 5.26 Å². The number of rotatable bonds is 8. The van der Waals surface area contributed by atoms with Crippen LogP contribution in [0.1, 0.15) is 13.3 Å². The molecule has 0 aromatic carbocycles. The van der Waals surface area contributed by atoms with Gasteiger partial charge in [-0.1, -0.05) is 0 Å². The Morgan fingerprint density at radius 3 is 2.70 bits per heavy atom. The number of anilines is 2. The molecule has 0 unspecified atom stereocenters. The third-order valence-corrected chi connectivity index (χ3v) is 8.67. The highest BCUT2D eigenvalue weighted by Gasteiger charge is 2.49. The predicted molar refractivity (Wildman–Crippen MR) is 129 cm³/mol. The van der Waals surface area contributed by atoms with Crippen molar-refractivity contribution in [3.63, 3.8) is 0 Å². The average molecular weight is 552 g/mol. The van der Waals surface area contributed by atoms with Gasteiger partial charge < -0.3 is 5.32 Å². The van der Waals surface area contributed by atoms with Crippen LogP contribution in [0, 0.1) is 11.3 Å². The molecular weight excluding hydrogens is 531 g/mol. The number of nitriles is 1. The topological polar surface area (TPSA) is 135 Å². The van der Waals surface area contributed by atoms with Crippen LogP contribution in [0.15, 0.2) is 36.2 Å². The monoisotopic (exact) mass is 551 g/mol. The molecule has 5 heterocycles. The maximum absolute atomic E-state index is 12.7. The van der Waals surface area contributed by atoms with E-state index in [1.807, 2.05) is 5.38 Å². The maximum atomic E-state index is 12.7. The molecule has 1 aliphatic rings. The van der Waals surface area contributed by atoms with Crippen molar-refractivity contribution in [3.05, 3.63) is 36.2 Å². The molecule has 37 heavy (non-hydrogen) atoms. The molecule has 0 atom stereocenters. The summed E-state index contributed by atoms with van der Waals surface area (Å²) in [5, 5.41) is 22.3. The Bertz CT molecular complexity index is 1590. The van der Waals surface area contributed by atoms with Gasteiger partial charge in [-0.3, -0.25) is 9.36 Å². The van der Waals surface area contributed by atoms with Crippen LogP contribution in [0.2, 0.25) is 0 Å². The average Bonchev–Trinajstić information content (AvgIpc) is 3.55. The number of hydrogen-bond acceptors (Lipinski definition) is 9. The third-order valence-electron chi connectivity index (χ3n) is 5.98. The summed E-state index contributed by atoms with van der Waals surface area (Å²) in [7, 11) is -3.38. The van der Waals surface area contributed by atoms with Gasteiger partial charge in [0.25, 0.3) is 0 Å². The minimum Gasteiger partial charge on any atom is -0.321 e. The number of nitrogens with zero attached hydrogens (tertiary/aromatic N) is 8. The fourth-order valence-electron chi connectivity index (χ4n) is 4.12. The molecule has 194 valence electrons. The number of aromatic nitrogens is 6. The van der Waals surface area contributed by atoms with Crippen molar-refractivity contribution in [2.45, 2.75) is 31.6 Å². The summed E-state index contributed by atoms with van der Waals surface area (Å²) < 4.78 is 66.9. The van der Waals surface area contributed by atoms with Gasteiger partial charge in [0.1, 0.15) is 12.1 Å². The van der Waals surface area contributed by atoms with Crippen LogP contribution in [-0.2, 0) is 22.1 Å². The second-order valence-electron chi connectivity index (χ2n) is 8.60. The minimum atomic E-state index is -4.40. The lowest BCUT2D eigenvalue weighted by molar-refractivity contribution is -0.142. The summed E-state index contributed by atoms with van der Waals surface area (Å²) in [4.78, 5) is 9.02. The Labute approximate surface area is 213 Å². The van der Waals surface area contributed by atoms with E-state index in [2.05, 4.69) is 31.6 Å². The fraction of sp³-hybridized carbons (Fsp3) is 0.381. The fourth-order valence-corrected chi connectivity index (χ4v) is 6.20. The largest absolute Gasteiger partial charge is 0.408 e. The molecule has 1 fully saturated rings. The molecule has 0 spiro atoms. The summed E-state index contributed by atoms with van der Waals surface area (Å²) in [6, 6.07) is 3.93. The minimum absolute atomic E-state index is 0.0256. The van der Waals surface area contributed by atoms with E-state index in [9.17, 15) is 26.9 Å². The van der Waals surface area contributed by atoms with Gasteiger partial charge in [0, 0.05) is 31.0 Å². The highest BCUT2D eigenvalue weighted by atomic mass is 32.2. The molecule has 4 aromatic heterocycles. The van der Waals surface area contributed by atoms with E-state index in [0.717, 1.165) is 9.38 Å². The molecule has 1 N–H and O–H groups in total. The lowest BCUT2D eigenvalue weighted by Crippen LogP contribution is -2.64. The van der Waals surface area contributed by atoms with Gasteiger partial charge in [0.15, 0.2) is 0 Å². The van der Waals surface area contributed by atoms with Gasteiger partial charge in [0.05, 0.1) is 52.2 Å². The molecule has 0 bridgehead atoms. The number of nitrogens with one attached hydrogen (secondary N) is 1. The number of thiophene rings is 1. The number of sulfonamides is 1. The number of alkyl halides is 3. The van der Waals surface area contributed by atoms with Gasteiger partial charge in [0.2, 0.25) is 16.0 Å². The lowest BCUT2D eigenvalue weighted by Gasteiger charge is -2.47. The number of hydrogen-bond donors (Lipinski definition) is 1. The van der Waals surface area contributed by atoms with E-state index < -0.39 is 28.3 Å². The van der Waals surface area contributed by atoms with E-state index in [-0.39, 0.29) is 31.2 Å². The van der Waals surface area contributed by atoms with E-state index in [0.29, 0.717) is 22.5 Å². The molecule has 1 saturated heterocycles. The SMILES string of the molecule is CCS(=O)(=O)N1CC(CC#N)(n2cc(-c3nc(Nc4cnn(CC(F)(F)F)c4)nc4ccsc34)cn2)C1. The Kier molecular flexibility index (Phi) is 6.16. The Hall–Kier alpha value is -3.55. The molecule has 5 rings (SSSR count). The van der Waals surface area contributed by atoms with Crippen LogP contribution in [0.5, 0.6) is 0 Å². The molecule has 0 aliphatic carbocycles. The van der Waals surface area contributed by atoms with Crippen LogP contribution in [-0.4, -0.2) is 67.3 Å². The summed E-state index contributed by atoms with van der Waals surface area (Å²) in [5.41, 5.74) is 1.30. The molecule has 0 radical (unpaired) electrons. The Morgan fingerprint density at radius 2 is 2.00 bits per heavy atom. The van der Waals surface area contributed by atoms with Gasteiger partial charge in [-0.2, -0.15) is 32.9 Å².